The highest BCUT2D eigenvalue weighted by molar-refractivity contribution is 7.12. The molecule has 214 valence electrons. The molecule has 0 aliphatic carbocycles. The second kappa shape index (κ2) is 17.5. The van der Waals surface area contributed by atoms with Crippen molar-refractivity contribution in [1.29, 1.82) is 0 Å². The molecule has 1 unspecified atom stereocenters. The molecular formula is C32H49N5OS. The Morgan fingerprint density at radius 1 is 1.13 bits per heavy atom. The Kier molecular flexibility index (Phi) is 14.5. The van der Waals surface area contributed by atoms with Crippen molar-refractivity contribution in [2.75, 3.05) is 43.9 Å². The van der Waals surface area contributed by atoms with Crippen LogP contribution in [0.25, 0.3) is 0 Å². The number of nitrogen functional groups attached to an aromatic ring is 1. The molecule has 0 aliphatic heterocycles. The number of hydrogen-bond acceptors (Lipinski definition) is 6. The number of hydrogen-bond donors (Lipinski definition) is 2. The fourth-order valence-electron chi connectivity index (χ4n) is 4.45. The van der Waals surface area contributed by atoms with E-state index in [9.17, 15) is 0 Å². The summed E-state index contributed by atoms with van der Waals surface area (Å²) >= 11 is 1.58. The molecule has 0 aliphatic rings. The van der Waals surface area contributed by atoms with Crippen molar-refractivity contribution in [3.05, 3.63) is 76.2 Å². The summed E-state index contributed by atoms with van der Waals surface area (Å²) in [6.45, 7) is 14.2. The molecule has 0 saturated heterocycles. The molecule has 4 N–H and O–H groups in total. The van der Waals surface area contributed by atoms with Gasteiger partial charge in [0.2, 0.25) is 0 Å². The molecular weight excluding hydrogens is 502 g/mol. The summed E-state index contributed by atoms with van der Waals surface area (Å²) in [5.74, 6) is 1.39. The summed E-state index contributed by atoms with van der Waals surface area (Å²) in [4.78, 5) is 10.5. The second-order valence-corrected chi connectivity index (χ2v) is 10.7. The predicted octanol–water partition coefficient (Wildman–Crippen LogP) is 7.52. The van der Waals surface area contributed by atoms with E-state index < -0.39 is 0 Å². The summed E-state index contributed by atoms with van der Waals surface area (Å²) in [7, 11) is 2.23. The largest absolute Gasteiger partial charge is 0.494 e. The Bertz CT molecular complexity index is 1100. The lowest BCUT2D eigenvalue weighted by Crippen LogP contribution is -2.36. The lowest BCUT2D eigenvalue weighted by molar-refractivity contribution is 0.229. The van der Waals surface area contributed by atoms with Gasteiger partial charge in [-0.2, -0.15) is 0 Å². The Hall–Kier alpha value is -3.03. The zero-order chi connectivity index (χ0) is 28.6. The number of allylic oxidation sites excluding steroid dienone is 4. The zero-order valence-corrected chi connectivity index (χ0v) is 25.6. The van der Waals surface area contributed by atoms with Gasteiger partial charge < -0.3 is 26.0 Å². The molecule has 1 aromatic carbocycles. The van der Waals surface area contributed by atoms with E-state index in [1.54, 1.807) is 11.3 Å². The van der Waals surface area contributed by atoms with Gasteiger partial charge in [0.25, 0.3) is 0 Å². The number of ether oxygens (including phenoxy) is 1. The average Bonchev–Trinajstić information content (AvgIpc) is 3.47. The van der Waals surface area contributed by atoms with E-state index in [0.717, 1.165) is 60.2 Å². The first kappa shape index (κ1) is 32.2. The number of benzene rings is 1. The van der Waals surface area contributed by atoms with Gasteiger partial charge >= 0.3 is 0 Å². The third kappa shape index (κ3) is 10.9. The van der Waals surface area contributed by atoms with Gasteiger partial charge in [0, 0.05) is 19.1 Å². The molecule has 2 aromatic rings. The summed E-state index contributed by atoms with van der Waals surface area (Å²) in [6, 6.07) is 10.5. The second-order valence-electron chi connectivity index (χ2n) is 9.77. The van der Waals surface area contributed by atoms with Crippen LogP contribution in [0.3, 0.4) is 0 Å². The number of anilines is 2. The number of rotatable bonds is 17. The van der Waals surface area contributed by atoms with Crippen LogP contribution in [0.1, 0.15) is 65.2 Å². The molecule has 1 atom stereocenters. The smallest absolute Gasteiger partial charge is 0.141 e. The number of thiophene rings is 1. The van der Waals surface area contributed by atoms with Gasteiger partial charge in [0.15, 0.2) is 0 Å². The molecule has 0 radical (unpaired) electrons. The molecule has 1 heterocycles. The van der Waals surface area contributed by atoms with Crippen molar-refractivity contribution in [1.82, 2.24) is 4.90 Å². The van der Waals surface area contributed by atoms with Crippen molar-refractivity contribution in [3.8, 4) is 0 Å². The van der Waals surface area contributed by atoms with Gasteiger partial charge in [-0.05, 0) is 95.4 Å². The Morgan fingerprint density at radius 2 is 1.92 bits per heavy atom. The van der Waals surface area contributed by atoms with Crippen LogP contribution < -0.4 is 16.4 Å². The van der Waals surface area contributed by atoms with Gasteiger partial charge in [0.05, 0.1) is 28.5 Å². The number of nitrogens with zero attached hydrogens (tertiary/aromatic N) is 3. The highest BCUT2D eigenvalue weighted by atomic mass is 32.1. The number of aliphatic imine (C=N–C) groups is 1. The van der Waals surface area contributed by atoms with Gasteiger partial charge in [-0.15, -0.1) is 11.3 Å². The van der Waals surface area contributed by atoms with E-state index in [1.807, 2.05) is 55.6 Å². The number of nitrogens with two attached hydrogens (primary N) is 2. The summed E-state index contributed by atoms with van der Waals surface area (Å²) in [5, 5.41) is 2.00. The van der Waals surface area contributed by atoms with E-state index in [1.165, 1.54) is 18.4 Å². The molecule has 0 bridgehead atoms. The van der Waals surface area contributed by atoms with E-state index in [2.05, 4.69) is 60.8 Å². The van der Waals surface area contributed by atoms with E-state index >= 15 is 0 Å². The van der Waals surface area contributed by atoms with Crippen molar-refractivity contribution >= 4 is 34.2 Å². The van der Waals surface area contributed by atoms with Gasteiger partial charge in [-0.25, -0.2) is 4.99 Å². The third-order valence-corrected chi connectivity index (χ3v) is 7.69. The first-order valence-corrected chi connectivity index (χ1v) is 15.1. The minimum absolute atomic E-state index is 0.511. The Balaban J connectivity index is 2.27. The van der Waals surface area contributed by atoms with Crippen LogP contribution in [0, 0.1) is 0 Å². The molecule has 0 fully saturated rings. The number of amidine groups is 1. The molecule has 1 aromatic heterocycles. The summed E-state index contributed by atoms with van der Waals surface area (Å²) < 4.78 is 5.71. The highest BCUT2D eigenvalue weighted by Gasteiger charge is 2.17. The molecule has 7 heteroatoms. The molecule has 2 rings (SSSR count). The van der Waals surface area contributed by atoms with Crippen molar-refractivity contribution in [3.63, 3.8) is 0 Å². The first-order chi connectivity index (χ1) is 18.8. The van der Waals surface area contributed by atoms with Crippen molar-refractivity contribution < 1.29 is 4.74 Å². The standard InChI is InChI=1S/C32H49N5OS/c1-7-12-27(36(6)9-3)20-22-37(21-19-25(5)15-17-28(13-8-2)38-10-4)30-18-16-26(24-29(30)33)35-32(34)31-14-11-23-39-31/h8,11,13-18,23-24,27H,7,9-10,12,19-22,33H2,1-6H3,(H2,34,35)/b13-8-,25-15+,28-17+. The fraction of sp³-hybridized carbons (Fsp3) is 0.469. The molecule has 0 amide bonds. The van der Waals surface area contributed by atoms with Crippen LogP contribution in [-0.4, -0.2) is 50.1 Å². The maximum atomic E-state index is 6.63. The predicted molar refractivity (Wildman–Crippen MR) is 172 cm³/mol. The highest BCUT2D eigenvalue weighted by Crippen LogP contribution is 2.30. The van der Waals surface area contributed by atoms with E-state index in [0.29, 0.717) is 18.5 Å². The first-order valence-electron chi connectivity index (χ1n) is 14.2. The van der Waals surface area contributed by atoms with Crippen LogP contribution in [0.15, 0.2) is 76.3 Å². The van der Waals surface area contributed by atoms with Crippen LogP contribution >= 0.6 is 11.3 Å². The van der Waals surface area contributed by atoms with Crippen LogP contribution in [0.2, 0.25) is 0 Å². The van der Waals surface area contributed by atoms with Gasteiger partial charge in [-0.3, -0.25) is 0 Å². The van der Waals surface area contributed by atoms with Crippen molar-refractivity contribution in [2.24, 2.45) is 10.7 Å². The molecule has 0 saturated carbocycles. The lowest BCUT2D eigenvalue weighted by atomic mass is 10.1. The maximum absolute atomic E-state index is 6.63. The van der Waals surface area contributed by atoms with E-state index in [-0.39, 0.29) is 0 Å². The monoisotopic (exact) mass is 551 g/mol. The third-order valence-electron chi connectivity index (χ3n) is 6.80. The topological polar surface area (TPSA) is 80.1 Å². The maximum Gasteiger partial charge on any atom is 0.141 e. The zero-order valence-electron chi connectivity index (χ0n) is 24.8. The van der Waals surface area contributed by atoms with Gasteiger partial charge in [0.1, 0.15) is 11.6 Å². The minimum atomic E-state index is 0.511. The summed E-state index contributed by atoms with van der Waals surface area (Å²) in [6.07, 6.45) is 12.6. The molecule has 39 heavy (non-hydrogen) atoms. The van der Waals surface area contributed by atoms with Crippen molar-refractivity contribution in [2.45, 2.75) is 66.3 Å². The van der Waals surface area contributed by atoms with Crippen LogP contribution in [0.5, 0.6) is 0 Å². The minimum Gasteiger partial charge on any atom is -0.494 e. The Morgan fingerprint density at radius 3 is 2.54 bits per heavy atom. The normalized spacial score (nSPS) is 13.9. The summed E-state index contributed by atoms with van der Waals surface area (Å²) in [5.41, 5.74) is 16.7. The van der Waals surface area contributed by atoms with Gasteiger partial charge in [-0.1, -0.05) is 44.1 Å². The SMILES string of the molecule is C\C=C/C(=C\C=C(/C)CCN(CCC(CCC)N(C)CC)c1ccc(N=C(N)c2cccs2)cc1N)OCC. The fourth-order valence-corrected chi connectivity index (χ4v) is 5.08. The molecule has 6 nitrogen and oxygen atoms in total. The Labute approximate surface area is 240 Å². The lowest BCUT2D eigenvalue weighted by Gasteiger charge is -2.32. The van der Waals surface area contributed by atoms with Crippen LogP contribution in [-0.2, 0) is 4.74 Å². The average molecular weight is 552 g/mol. The van der Waals surface area contributed by atoms with E-state index in [4.69, 9.17) is 16.2 Å². The molecule has 0 spiro atoms. The van der Waals surface area contributed by atoms with Crippen LogP contribution in [0.4, 0.5) is 17.1 Å². The quantitative estimate of drug-likeness (QED) is 0.0699.